The third kappa shape index (κ3) is 2.82. The summed E-state index contributed by atoms with van der Waals surface area (Å²) in [6, 6.07) is 28.9. The van der Waals surface area contributed by atoms with Crippen molar-refractivity contribution in [1.29, 1.82) is 0 Å². The average molecular weight is 444 g/mol. The van der Waals surface area contributed by atoms with E-state index in [1.165, 1.54) is 12.1 Å². The van der Waals surface area contributed by atoms with E-state index in [1.807, 2.05) is 30.3 Å². The Morgan fingerprint density at radius 1 is 0.824 bits per heavy atom. The van der Waals surface area contributed by atoms with Crippen molar-refractivity contribution in [3.63, 3.8) is 0 Å². The van der Waals surface area contributed by atoms with Gasteiger partial charge in [0.1, 0.15) is 17.9 Å². The molecule has 0 radical (unpaired) electrons. The van der Waals surface area contributed by atoms with Crippen molar-refractivity contribution in [2.45, 2.75) is 5.92 Å². The van der Waals surface area contributed by atoms with Crippen LogP contribution < -0.4 is 4.74 Å². The number of halogens is 1. The fourth-order valence-corrected chi connectivity index (χ4v) is 4.76. The minimum atomic E-state index is -0.298. The van der Waals surface area contributed by atoms with E-state index in [-0.39, 0.29) is 11.7 Å². The van der Waals surface area contributed by atoms with E-state index in [0.29, 0.717) is 17.4 Å². The van der Waals surface area contributed by atoms with Crippen LogP contribution in [0, 0.1) is 5.82 Å². The van der Waals surface area contributed by atoms with Crippen LogP contribution in [-0.2, 0) is 0 Å². The second-order valence-corrected chi connectivity index (χ2v) is 8.32. The Bertz CT molecular complexity index is 1690. The molecule has 1 atom stereocenters. The van der Waals surface area contributed by atoms with Gasteiger partial charge < -0.3 is 4.74 Å². The molecule has 0 amide bonds. The van der Waals surface area contributed by atoms with Crippen LogP contribution in [0.2, 0.25) is 0 Å². The van der Waals surface area contributed by atoms with Gasteiger partial charge in [-0.2, -0.15) is 0 Å². The fraction of sp³-hybridized carbons (Fsp3) is 0.0357. The SMILES string of the molecule is Fc1ccc(-c2nc3c4c(ncn3n2)Oc2c(ccc3ccccc23)[C@H]4c2ccccc2)cc1. The Kier molecular flexibility index (Phi) is 4.02. The second kappa shape index (κ2) is 7.22. The molecule has 2 aromatic heterocycles. The minimum Gasteiger partial charge on any atom is -0.438 e. The molecule has 4 aromatic carbocycles. The highest BCUT2D eigenvalue weighted by Gasteiger charge is 2.34. The van der Waals surface area contributed by atoms with Gasteiger partial charge in [0.2, 0.25) is 5.88 Å². The third-order valence-corrected chi connectivity index (χ3v) is 6.33. The number of fused-ring (bicyclic) bond motifs is 6. The molecule has 34 heavy (non-hydrogen) atoms. The molecule has 1 aliphatic heterocycles. The van der Waals surface area contributed by atoms with E-state index < -0.39 is 0 Å². The Labute approximate surface area is 194 Å². The van der Waals surface area contributed by atoms with Gasteiger partial charge in [-0.15, -0.1) is 5.10 Å². The van der Waals surface area contributed by atoms with Crippen molar-refractivity contribution in [1.82, 2.24) is 19.6 Å². The number of hydrogen-bond acceptors (Lipinski definition) is 4. The summed E-state index contributed by atoms with van der Waals surface area (Å²) in [6.07, 6.45) is 1.62. The molecule has 162 valence electrons. The Morgan fingerprint density at radius 3 is 2.47 bits per heavy atom. The highest BCUT2D eigenvalue weighted by atomic mass is 19.1. The summed E-state index contributed by atoms with van der Waals surface area (Å²) in [6.45, 7) is 0. The van der Waals surface area contributed by atoms with Crippen molar-refractivity contribution in [2.24, 2.45) is 0 Å². The maximum Gasteiger partial charge on any atom is 0.228 e. The first-order chi connectivity index (χ1) is 16.8. The topological polar surface area (TPSA) is 52.3 Å². The first kappa shape index (κ1) is 18.9. The number of hydrogen-bond donors (Lipinski definition) is 0. The molecular weight excluding hydrogens is 427 g/mol. The number of ether oxygens (including phenoxy) is 1. The molecule has 0 N–H and O–H groups in total. The average Bonchev–Trinajstić information content (AvgIpc) is 3.33. The summed E-state index contributed by atoms with van der Waals surface area (Å²) in [7, 11) is 0. The zero-order chi connectivity index (χ0) is 22.6. The molecule has 1 aliphatic rings. The first-order valence-electron chi connectivity index (χ1n) is 11.0. The summed E-state index contributed by atoms with van der Waals surface area (Å²) in [5, 5.41) is 6.77. The largest absolute Gasteiger partial charge is 0.438 e. The quantitative estimate of drug-likeness (QED) is 0.311. The normalized spacial score (nSPS) is 14.6. The Balaban J connectivity index is 1.51. The van der Waals surface area contributed by atoms with Crippen LogP contribution >= 0.6 is 0 Å². The van der Waals surface area contributed by atoms with Crippen molar-refractivity contribution < 1.29 is 9.13 Å². The molecule has 7 rings (SSSR count). The van der Waals surface area contributed by atoms with E-state index in [2.05, 4.69) is 46.5 Å². The van der Waals surface area contributed by atoms with Gasteiger partial charge in [0, 0.05) is 22.4 Å². The Hall–Kier alpha value is -4.58. The minimum absolute atomic E-state index is 0.133. The first-order valence-corrected chi connectivity index (χ1v) is 11.0. The molecule has 0 aliphatic carbocycles. The number of aromatic nitrogens is 4. The van der Waals surface area contributed by atoms with Crippen molar-refractivity contribution >= 4 is 16.4 Å². The standard InChI is InChI=1S/C28H17FN4O/c29-20-13-10-19(11-14-20)26-31-27-24-23(18-7-2-1-3-8-18)22-15-12-17-6-4-5-9-21(17)25(22)34-28(24)30-16-33(27)32-26/h1-16,23H/t23-/m1/s1. The number of nitrogens with zero attached hydrogens (tertiary/aromatic N) is 4. The van der Waals surface area contributed by atoms with Crippen LogP contribution in [0.5, 0.6) is 11.6 Å². The summed E-state index contributed by atoms with van der Waals surface area (Å²) in [5.74, 6) is 1.41. The highest BCUT2D eigenvalue weighted by Crippen LogP contribution is 2.50. The van der Waals surface area contributed by atoms with Crippen LogP contribution in [0.25, 0.3) is 27.8 Å². The van der Waals surface area contributed by atoms with Crippen molar-refractivity contribution in [2.75, 3.05) is 0 Å². The summed E-state index contributed by atoms with van der Waals surface area (Å²) < 4.78 is 21.6. The molecular formula is C28H17FN4O. The molecule has 0 saturated heterocycles. The van der Waals surface area contributed by atoms with Crippen LogP contribution in [0.1, 0.15) is 22.6 Å². The van der Waals surface area contributed by atoms with Gasteiger partial charge in [-0.1, -0.05) is 66.7 Å². The molecule has 5 nitrogen and oxygen atoms in total. The lowest BCUT2D eigenvalue weighted by Crippen LogP contribution is -2.15. The molecule has 0 spiro atoms. The van der Waals surface area contributed by atoms with Gasteiger partial charge in [0.25, 0.3) is 0 Å². The van der Waals surface area contributed by atoms with Gasteiger partial charge in [0.15, 0.2) is 11.5 Å². The van der Waals surface area contributed by atoms with E-state index in [0.717, 1.165) is 38.8 Å². The molecule has 0 unspecified atom stereocenters. The van der Waals surface area contributed by atoms with E-state index in [9.17, 15) is 4.39 Å². The van der Waals surface area contributed by atoms with Crippen LogP contribution in [0.4, 0.5) is 4.39 Å². The maximum absolute atomic E-state index is 13.5. The number of benzene rings is 4. The van der Waals surface area contributed by atoms with Gasteiger partial charge in [0.05, 0.1) is 5.56 Å². The van der Waals surface area contributed by atoms with Gasteiger partial charge in [-0.3, -0.25) is 0 Å². The smallest absolute Gasteiger partial charge is 0.228 e. The molecule has 6 aromatic rings. The predicted molar refractivity (Wildman–Crippen MR) is 128 cm³/mol. The zero-order valence-electron chi connectivity index (χ0n) is 17.9. The molecule has 6 heteroatoms. The van der Waals surface area contributed by atoms with E-state index in [4.69, 9.17) is 9.72 Å². The lowest BCUT2D eigenvalue weighted by molar-refractivity contribution is 0.437. The van der Waals surface area contributed by atoms with Gasteiger partial charge in [-0.05, 0) is 35.2 Å². The molecule has 0 bridgehead atoms. The summed E-state index contributed by atoms with van der Waals surface area (Å²) in [5.41, 5.74) is 4.43. The van der Waals surface area contributed by atoms with Gasteiger partial charge in [-0.25, -0.2) is 18.9 Å². The van der Waals surface area contributed by atoms with Crippen LogP contribution in [0.3, 0.4) is 0 Å². The molecule has 0 fully saturated rings. The predicted octanol–water partition coefficient (Wildman–Crippen LogP) is 6.37. The summed E-state index contributed by atoms with van der Waals surface area (Å²) >= 11 is 0. The lowest BCUT2D eigenvalue weighted by atomic mass is 9.83. The van der Waals surface area contributed by atoms with E-state index >= 15 is 0 Å². The highest BCUT2D eigenvalue weighted by molar-refractivity contribution is 5.91. The Morgan fingerprint density at radius 2 is 1.62 bits per heavy atom. The van der Waals surface area contributed by atoms with Gasteiger partial charge >= 0.3 is 0 Å². The van der Waals surface area contributed by atoms with Crippen molar-refractivity contribution in [3.8, 4) is 23.0 Å². The van der Waals surface area contributed by atoms with E-state index in [1.54, 1.807) is 23.0 Å². The lowest BCUT2D eigenvalue weighted by Gasteiger charge is -2.28. The summed E-state index contributed by atoms with van der Waals surface area (Å²) in [4.78, 5) is 9.47. The van der Waals surface area contributed by atoms with Crippen LogP contribution in [-0.4, -0.2) is 19.6 Å². The number of rotatable bonds is 2. The fourth-order valence-electron chi connectivity index (χ4n) is 4.76. The second-order valence-electron chi connectivity index (χ2n) is 8.32. The van der Waals surface area contributed by atoms with Crippen LogP contribution in [0.15, 0.2) is 97.3 Å². The maximum atomic E-state index is 13.5. The molecule has 0 saturated carbocycles. The third-order valence-electron chi connectivity index (χ3n) is 6.33. The molecule has 3 heterocycles. The zero-order valence-corrected chi connectivity index (χ0v) is 17.9. The monoisotopic (exact) mass is 444 g/mol. The van der Waals surface area contributed by atoms with Crippen molar-refractivity contribution in [3.05, 3.63) is 120 Å².